The van der Waals surface area contributed by atoms with Gasteiger partial charge in [-0.2, -0.15) is 0 Å². The molecule has 1 saturated heterocycles. The number of carbonyl (C=O) groups is 1. The molecule has 1 fully saturated rings. The van der Waals surface area contributed by atoms with Crippen LogP contribution in [0.5, 0.6) is 0 Å². The molecule has 0 saturated carbocycles. The van der Waals surface area contributed by atoms with E-state index in [1.165, 1.54) is 6.08 Å². The van der Waals surface area contributed by atoms with Crippen molar-refractivity contribution in [3.8, 4) is 0 Å². The van der Waals surface area contributed by atoms with Gasteiger partial charge in [-0.15, -0.1) is 6.58 Å². The molecule has 1 aromatic carbocycles. The summed E-state index contributed by atoms with van der Waals surface area (Å²) in [7, 11) is -3.65. The van der Waals surface area contributed by atoms with E-state index in [2.05, 4.69) is 18.5 Å². The zero-order chi connectivity index (χ0) is 19.1. The van der Waals surface area contributed by atoms with Crippen LogP contribution in [0.2, 0.25) is 10.0 Å². The van der Waals surface area contributed by atoms with Crippen molar-refractivity contribution in [2.75, 3.05) is 18.8 Å². The molecule has 0 aromatic heterocycles. The second-order valence-corrected chi connectivity index (χ2v) is 8.60. The lowest BCUT2D eigenvalue weighted by Gasteiger charge is -2.32. The van der Waals surface area contributed by atoms with Crippen molar-refractivity contribution < 1.29 is 18.3 Å². The molecular weight excluding hydrogens is 385 g/mol. The van der Waals surface area contributed by atoms with Crippen LogP contribution in [0.3, 0.4) is 0 Å². The summed E-state index contributed by atoms with van der Waals surface area (Å²) in [4.78, 5) is 11.2. The van der Waals surface area contributed by atoms with Crippen LogP contribution < -0.4 is 5.32 Å². The Labute approximate surface area is 158 Å². The smallest absolute Gasteiger partial charge is 0.325 e. The number of piperidine rings is 1. The minimum atomic E-state index is -3.65. The second kappa shape index (κ2) is 9.38. The van der Waals surface area contributed by atoms with Crippen molar-refractivity contribution in [1.29, 1.82) is 0 Å². The number of sulfone groups is 1. The Morgan fingerprint density at radius 2 is 1.88 bits per heavy atom. The number of aliphatic carboxylic acids is 1. The van der Waals surface area contributed by atoms with E-state index < -0.39 is 20.6 Å². The SMILES string of the molecule is C=CCS(=O)(=O)C1(C(=O)O)CCNCC1.C=Cc1cccc(Cl)c1Cl. The van der Waals surface area contributed by atoms with Gasteiger partial charge in [0.05, 0.1) is 15.8 Å². The van der Waals surface area contributed by atoms with E-state index in [1.54, 1.807) is 12.1 Å². The van der Waals surface area contributed by atoms with Crippen LogP contribution in [-0.4, -0.2) is 43.1 Å². The summed E-state index contributed by atoms with van der Waals surface area (Å²) in [5, 5.41) is 13.2. The Kier molecular flexibility index (Phi) is 8.15. The Bertz CT molecular complexity index is 741. The van der Waals surface area contributed by atoms with E-state index >= 15 is 0 Å². The number of carboxylic acid groups (broad SMARTS) is 1. The molecule has 0 aliphatic carbocycles. The fourth-order valence-electron chi connectivity index (χ4n) is 2.48. The van der Waals surface area contributed by atoms with Crippen LogP contribution in [0.1, 0.15) is 18.4 Å². The first-order chi connectivity index (χ1) is 11.7. The third-order valence-electron chi connectivity index (χ3n) is 3.93. The van der Waals surface area contributed by atoms with Gasteiger partial charge >= 0.3 is 5.97 Å². The predicted molar refractivity (Wildman–Crippen MR) is 103 cm³/mol. The third kappa shape index (κ3) is 5.07. The maximum Gasteiger partial charge on any atom is 0.325 e. The number of hydrogen-bond acceptors (Lipinski definition) is 4. The Morgan fingerprint density at radius 1 is 1.28 bits per heavy atom. The molecular formula is C17H21Cl2NO4S. The van der Waals surface area contributed by atoms with E-state index in [0.717, 1.165) is 5.56 Å². The van der Waals surface area contributed by atoms with E-state index in [0.29, 0.717) is 23.1 Å². The minimum Gasteiger partial charge on any atom is -0.480 e. The molecule has 0 bridgehead atoms. The molecule has 0 radical (unpaired) electrons. The highest BCUT2D eigenvalue weighted by molar-refractivity contribution is 7.93. The lowest BCUT2D eigenvalue weighted by atomic mass is 9.97. The molecule has 0 amide bonds. The lowest BCUT2D eigenvalue weighted by molar-refractivity contribution is -0.140. The van der Waals surface area contributed by atoms with E-state index in [-0.39, 0.29) is 18.6 Å². The number of nitrogens with one attached hydrogen (secondary N) is 1. The molecule has 8 heteroatoms. The largest absolute Gasteiger partial charge is 0.480 e. The topological polar surface area (TPSA) is 83.5 Å². The zero-order valence-corrected chi connectivity index (χ0v) is 16.0. The standard InChI is InChI=1S/C9H15NO4S.C8H6Cl2/c1-2-7-15(13,14)9(8(11)12)3-5-10-6-4-9;1-2-6-4-3-5-7(9)8(6)10/h2,10H,1,3-7H2,(H,11,12);2-5H,1H2. The number of carboxylic acids is 1. The summed E-state index contributed by atoms with van der Waals surface area (Å²) in [6.07, 6.45) is 3.16. The zero-order valence-electron chi connectivity index (χ0n) is 13.7. The second-order valence-electron chi connectivity index (χ2n) is 5.47. The quantitative estimate of drug-likeness (QED) is 0.732. The van der Waals surface area contributed by atoms with Gasteiger partial charge < -0.3 is 10.4 Å². The molecule has 2 rings (SSSR count). The molecule has 0 spiro atoms. The third-order valence-corrected chi connectivity index (χ3v) is 7.22. The normalized spacial score (nSPS) is 16.2. The molecule has 0 atom stereocenters. The van der Waals surface area contributed by atoms with Gasteiger partial charge in [0.1, 0.15) is 0 Å². The molecule has 1 aromatic rings. The first-order valence-electron chi connectivity index (χ1n) is 7.55. The molecule has 2 N–H and O–H groups in total. The minimum absolute atomic E-state index is 0.124. The summed E-state index contributed by atoms with van der Waals surface area (Å²) >= 11 is 11.5. The monoisotopic (exact) mass is 405 g/mol. The maximum atomic E-state index is 11.9. The average molecular weight is 406 g/mol. The lowest BCUT2D eigenvalue weighted by Crippen LogP contribution is -2.54. The van der Waals surface area contributed by atoms with Gasteiger partial charge in [0.15, 0.2) is 14.6 Å². The van der Waals surface area contributed by atoms with Gasteiger partial charge in [-0.05, 0) is 37.6 Å². The fourth-order valence-corrected chi connectivity index (χ4v) is 4.59. The van der Waals surface area contributed by atoms with Gasteiger partial charge in [-0.1, -0.05) is 54.1 Å². The van der Waals surface area contributed by atoms with Crippen molar-refractivity contribution >= 4 is 45.1 Å². The van der Waals surface area contributed by atoms with E-state index in [9.17, 15) is 13.2 Å². The van der Waals surface area contributed by atoms with Crippen molar-refractivity contribution in [3.63, 3.8) is 0 Å². The van der Waals surface area contributed by atoms with E-state index in [1.807, 2.05) is 12.1 Å². The fraction of sp³-hybridized carbons (Fsp3) is 0.353. The summed E-state index contributed by atoms with van der Waals surface area (Å²) in [5.41, 5.74) is 0.870. The van der Waals surface area contributed by atoms with Crippen molar-refractivity contribution in [2.24, 2.45) is 0 Å². The van der Waals surface area contributed by atoms with E-state index in [4.69, 9.17) is 28.3 Å². The molecule has 1 heterocycles. The van der Waals surface area contributed by atoms with Gasteiger partial charge in [-0.3, -0.25) is 4.79 Å². The van der Waals surface area contributed by atoms with Gasteiger partial charge in [0.25, 0.3) is 0 Å². The molecule has 0 unspecified atom stereocenters. The Balaban J connectivity index is 0.000000271. The number of benzene rings is 1. The van der Waals surface area contributed by atoms with Crippen LogP contribution in [0.25, 0.3) is 6.08 Å². The predicted octanol–water partition coefficient (Wildman–Crippen LogP) is 3.43. The van der Waals surface area contributed by atoms with Gasteiger partial charge in [0.2, 0.25) is 0 Å². The summed E-state index contributed by atoms with van der Waals surface area (Å²) < 4.78 is 22.1. The van der Waals surface area contributed by atoms with Crippen LogP contribution in [0, 0.1) is 0 Å². The van der Waals surface area contributed by atoms with Crippen LogP contribution in [0.15, 0.2) is 37.4 Å². The summed E-state index contributed by atoms with van der Waals surface area (Å²) in [5.74, 6) is -1.52. The number of halogens is 2. The molecule has 5 nitrogen and oxygen atoms in total. The molecule has 1 aliphatic heterocycles. The highest BCUT2D eigenvalue weighted by Gasteiger charge is 2.50. The number of hydrogen-bond donors (Lipinski definition) is 2. The van der Waals surface area contributed by atoms with Crippen molar-refractivity contribution in [1.82, 2.24) is 5.32 Å². The summed E-state index contributed by atoms with van der Waals surface area (Å²) in [6.45, 7) is 7.77. The highest BCUT2D eigenvalue weighted by Crippen LogP contribution is 2.29. The summed E-state index contributed by atoms with van der Waals surface area (Å²) in [6, 6.07) is 5.45. The Morgan fingerprint density at radius 3 is 2.32 bits per heavy atom. The first-order valence-corrected chi connectivity index (χ1v) is 9.96. The highest BCUT2D eigenvalue weighted by atomic mass is 35.5. The van der Waals surface area contributed by atoms with Crippen LogP contribution in [0.4, 0.5) is 0 Å². The van der Waals surface area contributed by atoms with Crippen LogP contribution >= 0.6 is 23.2 Å². The molecule has 1 aliphatic rings. The molecule has 25 heavy (non-hydrogen) atoms. The van der Waals surface area contributed by atoms with Crippen molar-refractivity contribution in [2.45, 2.75) is 17.6 Å². The number of rotatable bonds is 5. The van der Waals surface area contributed by atoms with Crippen LogP contribution in [-0.2, 0) is 14.6 Å². The molecule has 138 valence electrons. The Hall–Kier alpha value is -1.34. The van der Waals surface area contributed by atoms with Gasteiger partial charge in [-0.25, -0.2) is 8.42 Å². The van der Waals surface area contributed by atoms with Gasteiger partial charge in [0, 0.05) is 0 Å². The maximum absolute atomic E-state index is 11.9. The first kappa shape index (κ1) is 21.7. The van der Waals surface area contributed by atoms with Crippen molar-refractivity contribution in [3.05, 3.63) is 53.0 Å². The average Bonchev–Trinajstić information content (AvgIpc) is 2.58.